The van der Waals surface area contributed by atoms with Crippen molar-refractivity contribution in [3.8, 4) is 11.5 Å². The second-order valence-electron chi connectivity index (χ2n) is 6.98. The summed E-state index contributed by atoms with van der Waals surface area (Å²) in [4.78, 5) is 11.8. The first-order valence-electron chi connectivity index (χ1n) is 9.52. The second kappa shape index (κ2) is 8.84. The molecule has 3 rings (SSSR count). The Morgan fingerprint density at radius 3 is 2.38 bits per heavy atom. The van der Waals surface area contributed by atoms with Crippen LogP contribution < -0.4 is 15.2 Å². The van der Waals surface area contributed by atoms with Gasteiger partial charge in [0.05, 0.1) is 30.7 Å². The third-order valence-electron chi connectivity index (χ3n) is 5.25. The second-order valence-corrected chi connectivity index (χ2v) is 8.87. The van der Waals surface area contributed by atoms with Crippen molar-refractivity contribution in [3.63, 3.8) is 0 Å². The maximum atomic E-state index is 13.5. The Hall–Kier alpha value is -2.58. The molecule has 1 saturated heterocycles. The summed E-state index contributed by atoms with van der Waals surface area (Å²) in [5, 5.41) is 0. The molecule has 1 aliphatic heterocycles. The zero-order chi connectivity index (χ0) is 21.0. The van der Waals surface area contributed by atoms with Gasteiger partial charge in [0.1, 0.15) is 11.5 Å². The fourth-order valence-corrected chi connectivity index (χ4v) is 5.41. The number of sulfonamides is 1. The van der Waals surface area contributed by atoms with Gasteiger partial charge in [0.25, 0.3) is 5.91 Å². The number of carbonyl (C=O) groups is 1. The number of rotatable bonds is 6. The molecule has 0 aromatic heterocycles. The molecule has 1 atom stereocenters. The van der Waals surface area contributed by atoms with Gasteiger partial charge in [-0.25, -0.2) is 8.42 Å². The maximum absolute atomic E-state index is 13.5. The highest BCUT2D eigenvalue weighted by molar-refractivity contribution is 7.89. The summed E-state index contributed by atoms with van der Waals surface area (Å²) in [5.41, 5.74) is 6.37. The number of nitrogens with two attached hydrogens (primary N) is 1. The molecule has 1 heterocycles. The predicted molar refractivity (Wildman–Crippen MR) is 110 cm³/mol. The third-order valence-corrected chi connectivity index (χ3v) is 7.15. The van der Waals surface area contributed by atoms with Crippen molar-refractivity contribution in [1.82, 2.24) is 4.31 Å². The van der Waals surface area contributed by atoms with E-state index in [1.54, 1.807) is 7.11 Å². The molecular weight excluding hydrogens is 392 g/mol. The van der Waals surface area contributed by atoms with Crippen molar-refractivity contribution in [2.45, 2.75) is 36.6 Å². The molecule has 0 saturated carbocycles. The molecule has 8 heteroatoms. The average molecular weight is 419 g/mol. The van der Waals surface area contributed by atoms with Crippen LogP contribution in [-0.4, -0.2) is 39.4 Å². The molecule has 1 fully saturated rings. The number of benzene rings is 2. The Kier molecular flexibility index (Phi) is 6.44. The molecule has 1 amide bonds. The van der Waals surface area contributed by atoms with Crippen LogP contribution in [0.25, 0.3) is 0 Å². The Morgan fingerprint density at radius 2 is 1.76 bits per heavy atom. The van der Waals surface area contributed by atoms with Crippen molar-refractivity contribution in [2.24, 2.45) is 5.73 Å². The van der Waals surface area contributed by atoms with Gasteiger partial charge in [-0.1, -0.05) is 25.0 Å². The van der Waals surface area contributed by atoms with E-state index in [0.717, 1.165) is 37.0 Å². The summed E-state index contributed by atoms with van der Waals surface area (Å²) in [6.07, 6.45) is 3.42. The number of nitrogens with zero attached hydrogens (tertiary/aromatic N) is 1. The molecule has 156 valence electrons. The SMILES string of the molecule is COc1ccc([C@H]2CCCCCN2S(=O)(=O)c2ccc(OC)c(C(N)=O)c2)cc1. The molecule has 2 aromatic rings. The quantitative estimate of drug-likeness (QED) is 0.777. The molecule has 2 N–H and O–H groups in total. The van der Waals surface area contributed by atoms with Crippen LogP contribution in [0.1, 0.15) is 47.6 Å². The lowest BCUT2D eigenvalue weighted by molar-refractivity contribution is 0.0997. The number of hydrogen-bond donors (Lipinski definition) is 1. The van der Waals surface area contributed by atoms with Gasteiger partial charge in [0.2, 0.25) is 10.0 Å². The van der Waals surface area contributed by atoms with Gasteiger partial charge in [-0.05, 0) is 48.7 Å². The zero-order valence-electron chi connectivity index (χ0n) is 16.6. The Bertz CT molecular complexity index is 973. The Morgan fingerprint density at radius 1 is 1.03 bits per heavy atom. The van der Waals surface area contributed by atoms with E-state index in [4.69, 9.17) is 15.2 Å². The van der Waals surface area contributed by atoms with E-state index in [0.29, 0.717) is 6.54 Å². The number of carbonyl (C=O) groups excluding carboxylic acids is 1. The van der Waals surface area contributed by atoms with Crippen LogP contribution in [0.3, 0.4) is 0 Å². The lowest BCUT2D eigenvalue weighted by Gasteiger charge is -2.30. The van der Waals surface area contributed by atoms with Gasteiger partial charge in [-0.2, -0.15) is 4.31 Å². The molecule has 0 aliphatic carbocycles. The molecule has 7 nitrogen and oxygen atoms in total. The van der Waals surface area contributed by atoms with Gasteiger partial charge >= 0.3 is 0 Å². The molecule has 1 aliphatic rings. The van der Waals surface area contributed by atoms with Gasteiger partial charge in [-0.15, -0.1) is 0 Å². The van der Waals surface area contributed by atoms with E-state index >= 15 is 0 Å². The summed E-state index contributed by atoms with van der Waals surface area (Å²) in [6, 6.07) is 11.4. The molecule has 0 radical (unpaired) electrons. The predicted octanol–water partition coefficient (Wildman–Crippen LogP) is 3.11. The summed E-state index contributed by atoms with van der Waals surface area (Å²) in [7, 11) is -0.839. The van der Waals surface area contributed by atoms with E-state index < -0.39 is 15.9 Å². The number of ether oxygens (including phenoxy) is 2. The fourth-order valence-electron chi connectivity index (χ4n) is 3.70. The van der Waals surface area contributed by atoms with Crippen molar-refractivity contribution >= 4 is 15.9 Å². The third kappa shape index (κ3) is 4.38. The fraction of sp³-hybridized carbons (Fsp3) is 0.381. The average Bonchev–Trinajstić information content (AvgIpc) is 3.00. The maximum Gasteiger partial charge on any atom is 0.252 e. The Labute approximate surface area is 171 Å². The Balaban J connectivity index is 2.03. The van der Waals surface area contributed by atoms with Crippen LogP contribution in [0, 0.1) is 0 Å². The molecule has 2 aromatic carbocycles. The number of primary amides is 1. The van der Waals surface area contributed by atoms with Crippen molar-refractivity contribution in [2.75, 3.05) is 20.8 Å². The van der Waals surface area contributed by atoms with Gasteiger partial charge < -0.3 is 15.2 Å². The van der Waals surface area contributed by atoms with Crippen molar-refractivity contribution in [1.29, 1.82) is 0 Å². The van der Waals surface area contributed by atoms with Gasteiger partial charge in [0, 0.05) is 6.54 Å². The lowest BCUT2D eigenvalue weighted by atomic mass is 10.0. The summed E-state index contributed by atoms with van der Waals surface area (Å²) >= 11 is 0. The minimum atomic E-state index is -3.84. The van der Waals surface area contributed by atoms with Crippen LogP contribution in [0.4, 0.5) is 0 Å². The van der Waals surface area contributed by atoms with Crippen LogP contribution in [0.15, 0.2) is 47.4 Å². The highest BCUT2D eigenvalue weighted by Gasteiger charge is 2.34. The van der Waals surface area contributed by atoms with E-state index in [9.17, 15) is 13.2 Å². The normalized spacial score (nSPS) is 18.1. The summed E-state index contributed by atoms with van der Waals surface area (Å²) in [5.74, 6) is 0.235. The minimum absolute atomic E-state index is 0.0347. The summed E-state index contributed by atoms with van der Waals surface area (Å²) in [6.45, 7) is 0.414. The first-order valence-corrected chi connectivity index (χ1v) is 11.0. The van der Waals surface area contributed by atoms with E-state index in [2.05, 4.69) is 0 Å². The lowest BCUT2D eigenvalue weighted by Crippen LogP contribution is -2.35. The summed E-state index contributed by atoms with van der Waals surface area (Å²) < 4.78 is 38.9. The minimum Gasteiger partial charge on any atom is -0.497 e. The highest BCUT2D eigenvalue weighted by atomic mass is 32.2. The van der Waals surface area contributed by atoms with Crippen molar-refractivity contribution < 1.29 is 22.7 Å². The number of amides is 1. The van der Waals surface area contributed by atoms with Crippen molar-refractivity contribution in [3.05, 3.63) is 53.6 Å². The monoisotopic (exact) mass is 418 g/mol. The highest BCUT2D eigenvalue weighted by Crippen LogP contribution is 2.36. The van der Waals surface area contributed by atoms with Crippen LogP contribution >= 0.6 is 0 Å². The largest absolute Gasteiger partial charge is 0.497 e. The molecule has 0 bridgehead atoms. The topological polar surface area (TPSA) is 98.9 Å². The molecule has 0 unspecified atom stereocenters. The standard InChI is InChI=1S/C21H26N2O5S/c1-27-16-9-7-15(8-10-16)19-6-4-3-5-13-23(19)29(25,26)17-11-12-20(28-2)18(14-17)21(22)24/h7-12,14,19H,3-6,13H2,1-2H3,(H2,22,24)/t19-/m1/s1. The van der Waals surface area contributed by atoms with Gasteiger partial charge in [-0.3, -0.25) is 4.79 Å². The molecule has 0 spiro atoms. The van der Waals surface area contributed by atoms with Crippen LogP contribution in [-0.2, 0) is 10.0 Å². The zero-order valence-corrected chi connectivity index (χ0v) is 17.4. The van der Waals surface area contributed by atoms with Crippen LogP contribution in [0.5, 0.6) is 11.5 Å². The molecular formula is C21H26N2O5S. The first kappa shape index (κ1) is 21.1. The molecule has 29 heavy (non-hydrogen) atoms. The van der Waals surface area contributed by atoms with E-state index in [1.165, 1.54) is 29.6 Å². The van der Waals surface area contributed by atoms with Gasteiger partial charge in [0.15, 0.2) is 0 Å². The van der Waals surface area contributed by atoms with Crippen LogP contribution in [0.2, 0.25) is 0 Å². The first-order chi connectivity index (χ1) is 13.9. The smallest absolute Gasteiger partial charge is 0.252 e. The van der Waals surface area contributed by atoms with E-state index in [-0.39, 0.29) is 22.3 Å². The number of methoxy groups -OCH3 is 2. The number of hydrogen-bond acceptors (Lipinski definition) is 5. The van der Waals surface area contributed by atoms with E-state index in [1.807, 2.05) is 24.3 Å².